The van der Waals surface area contributed by atoms with Crippen molar-refractivity contribution in [2.75, 3.05) is 18.0 Å². The normalized spacial score (nSPS) is 15.1. The van der Waals surface area contributed by atoms with Crippen LogP contribution in [0.3, 0.4) is 0 Å². The van der Waals surface area contributed by atoms with Crippen molar-refractivity contribution in [1.82, 2.24) is 5.32 Å². The van der Waals surface area contributed by atoms with Crippen molar-refractivity contribution in [3.63, 3.8) is 0 Å². The predicted molar refractivity (Wildman–Crippen MR) is 102 cm³/mol. The van der Waals surface area contributed by atoms with E-state index in [4.69, 9.17) is 0 Å². The first kappa shape index (κ1) is 21.5. The highest BCUT2D eigenvalue weighted by molar-refractivity contribution is 7.08. The number of alkyl halides is 3. The van der Waals surface area contributed by atoms with Crippen molar-refractivity contribution in [3.8, 4) is 0 Å². The molecule has 30 heavy (non-hydrogen) atoms. The number of amides is 1. The lowest BCUT2D eigenvalue weighted by atomic mass is 10.0. The summed E-state index contributed by atoms with van der Waals surface area (Å²) in [6.45, 7) is 0.198. The number of thiophene rings is 1. The van der Waals surface area contributed by atoms with Crippen molar-refractivity contribution < 1.29 is 27.8 Å². The first-order chi connectivity index (χ1) is 14.1. The van der Waals surface area contributed by atoms with Crippen LogP contribution >= 0.6 is 11.3 Å². The van der Waals surface area contributed by atoms with Crippen molar-refractivity contribution >= 4 is 34.3 Å². The number of piperidine rings is 1. The minimum absolute atomic E-state index is 0.0988. The van der Waals surface area contributed by atoms with Crippen LogP contribution in [0.4, 0.5) is 30.2 Å². The summed E-state index contributed by atoms with van der Waals surface area (Å²) in [6.07, 6.45) is -4.32. The molecule has 0 bridgehead atoms. The number of rotatable bonds is 5. The first-order valence-electron chi connectivity index (χ1n) is 8.70. The molecule has 1 saturated heterocycles. The van der Waals surface area contributed by atoms with E-state index in [1.54, 1.807) is 16.8 Å². The number of nitrogens with zero attached hydrogens (tertiary/aromatic N) is 3. The minimum atomic E-state index is -4.97. The number of halogens is 3. The van der Waals surface area contributed by atoms with Crippen LogP contribution in [0.1, 0.15) is 28.8 Å². The molecular formula is C17H15F3N4O5S. The van der Waals surface area contributed by atoms with Gasteiger partial charge in [-0.1, -0.05) is 0 Å². The smallest absolute Gasteiger partial charge is 0.360 e. The Balaban J connectivity index is 1.84. The molecular weight excluding hydrogens is 429 g/mol. The van der Waals surface area contributed by atoms with Gasteiger partial charge in [0.25, 0.3) is 17.3 Å². The molecule has 9 nitrogen and oxygen atoms in total. The molecule has 0 radical (unpaired) electrons. The fraction of sp³-hybridized carbons (Fsp3) is 0.353. The van der Waals surface area contributed by atoms with E-state index in [9.17, 15) is 38.2 Å². The molecule has 1 aliphatic heterocycles. The molecule has 1 fully saturated rings. The molecule has 1 N–H and O–H groups in total. The Bertz CT molecular complexity index is 937. The van der Waals surface area contributed by atoms with E-state index in [-0.39, 0.29) is 25.0 Å². The van der Waals surface area contributed by atoms with Crippen molar-refractivity contribution in [2.24, 2.45) is 0 Å². The zero-order valence-electron chi connectivity index (χ0n) is 15.2. The Labute approximate surface area is 171 Å². The maximum atomic E-state index is 13.0. The van der Waals surface area contributed by atoms with Gasteiger partial charge in [-0.25, -0.2) is 0 Å². The van der Waals surface area contributed by atoms with Gasteiger partial charge in [0.1, 0.15) is 0 Å². The average Bonchev–Trinajstić information content (AvgIpc) is 3.21. The fourth-order valence-electron chi connectivity index (χ4n) is 3.28. The lowest BCUT2D eigenvalue weighted by Crippen LogP contribution is -2.45. The SMILES string of the molecule is O=C(NC1CCN(c2c([N+](=O)[O-])cc(C(F)(F)F)cc2[N+](=O)[O-])CC1)c1ccsc1. The predicted octanol–water partition coefficient (Wildman–Crippen LogP) is 3.98. The summed E-state index contributed by atoms with van der Waals surface area (Å²) >= 11 is 1.36. The third-order valence-corrected chi connectivity index (χ3v) is 5.40. The zero-order chi connectivity index (χ0) is 22.1. The monoisotopic (exact) mass is 444 g/mol. The number of hydrogen-bond donors (Lipinski definition) is 1. The third-order valence-electron chi connectivity index (χ3n) is 4.72. The van der Waals surface area contributed by atoms with Gasteiger partial charge in [0.15, 0.2) is 5.69 Å². The number of hydrogen-bond acceptors (Lipinski definition) is 7. The van der Waals surface area contributed by atoms with Crippen LogP contribution in [-0.2, 0) is 6.18 Å². The van der Waals surface area contributed by atoms with Gasteiger partial charge in [-0.3, -0.25) is 25.0 Å². The number of carbonyl (C=O) groups is 1. The largest absolute Gasteiger partial charge is 0.416 e. The molecule has 2 aromatic rings. The van der Waals surface area contributed by atoms with Crippen LogP contribution in [0.15, 0.2) is 29.0 Å². The Morgan fingerprint density at radius 2 is 1.70 bits per heavy atom. The van der Waals surface area contributed by atoms with Gasteiger partial charge in [0.05, 0.1) is 15.4 Å². The van der Waals surface area contributed by atoms with Gasteiger partial charge >= 0.3 is 6.18 Å². The van der Waals surface area contributed by atoms with Crippen LogP contribution in [0.25, 0.3) is 0 Å². The summed E-state index contributed by atoms with van der Waals surface area (Å²) in [5.74, 6) is -0.277. The molecule has 2 heterocycles. The Kier molecular flexibility index (Phi) is 5.92. The van der Waals surface area contributed by atoms with E-state index in [0.29, 0.717) is 30.5 Å². The van der Waals surface area contributed by atoms with Crippen molar-refractivity contribution in [2.45, 2.75) is 25.1 Å². The van der Waals surface area contributed by atoms with Crippen molar-refractivity contribution in [1.29, 1.82) is 0 Å². The topological polar surface area (TPSA) is 119 Å². The van der Waals surface area contributed by atoms with Gasteiger partial charge < -0.3 is 10.2 Å². The molecule has 160 valence electrons. The zero-order valence-corrected chi connectivity index (χ0v) is 16.0. The Morgan fingerprint density at radius 3 is 2.13 bits per heavy atom. The molecule has 1 aromatic heterocycles. The number of carbonyl (C=O) groups excluding carboxylic acids is 1. The maximum Gasteiger partial charge on any atom is 0.416 e. The fourth-order valence-corrected chi connectivity index (χ4v) is 3.92. The average molecular weight is 444 g/mol. The Hall–Kier alpha value is -3.22. The van der Waals surface area contributed by atoms with E-state index >= 15 is 0 Å². The van der Waals surface area contributed by atoms with Crippen LogP contribution in [0.2, 0.25) is 0 Å². The van der Waals surface area contributed by atoms with Gasteiger partial charge in [-0.2, -0.15) is 24.5 Å². The summed E-state index contributed by atoms with van der Waals surface area (Å²) in [5.41, 5.74) is -3.37. The second-order valence-electron chi connectivity index (χ2n) is 6.62. The Morgan fingerprint density at radius 1 is 1.13 bits per heavy atom. The van der Waals surface area contributed by atoms with E-state index < -0.39 is 38.6 Å². The molecule has 0 aliphatic carbocycles. The highest BCUT2D eigenvalue weighted by atomic mass is 32.1. The van der Waals surface area contributed by atoms with Crippen molar-refractivity contribution in [3.05, 3.63) is 60.3 Å². The summed E-state index contributed by atoms with van der Waals surface area (Å²) in [7, 11) is 0. The third kappa shape index (κ3) is 4.50. The number of nitro benzene ring substituents is 2. The quantitative estimate of drug-likeness (QED) is 0.550. The maximum absolute atomic E-state index is 13.0. The molecule has 1 aromatic carbocycles. The molecule has 0 spiro atoms. The standard InChI is InChI=1S/C17H15F3N4O5S/c18-17(19,20)11-7-13(23(26)27)15(14(8-11)24(28)29)22-4-1-12(2-5-22)21-16(25)10-3-6-30-9-10/h3,6-9,12H,1-2,4-5H2,(H,21,25). The first-order valence-corrected chi connectivity index (χ1v) is 9.64. The van der Waals surface area contributed by atoms with Gasteiger partial charge in [0, 0.05) is 42.2 Å². The summed E-state index contributed by atoms with van der Waals surface area (Å²) in [6, 6.07) is 2.02. The lowest BCUT2D eigenvalue weighted by molar-refractivity contribution is -0.393. The molecule has 1 amide bonds. The van der Waals surface area contributed by atoms with Crippen LogP contribution in [0, 0.1) is 20.2 Å². The second kappa shape index (κ2) is 8.26. The molecule has 3 rings (SSSR count). The van der Waals surface area contributed by atoms with Gasteiger partial charge in [0.2, 0.25) is 0 Å². The summed E-state index contributed by atoms with van der Waals surface area (Å²) in [4.78, 5) is 34.1. The van der Waals surface area contributed by atoms with Gasteiger partial charge in [-0.05, 0) is 24.3 Å². The molecule has 0 atom stereocenters. The lowest BCUT2D eigenvalue weighted by Gasteiger charge is -2.33. The summed E-state index contributed by atoms with van der Waals surface area (Å²) < 4.78 is 39.1. The van der Waals surface area contributed by atoms with E-state index in [1.165, 1.54) is 16.2 Å². The van der Waals surface area contributed by atoms with E-state index in [0.717, 1.165) is 0 Å². The number of anilines is 1. The highest BCUT2D eigenvalue weighted by Crippen LogP contribution is 2.43. The van der Waals surface area contributed by atoms with Gasteiger partial charge in [-0.15, -0.1) is 0 Å². The summed E-state index contributed by atoms with van der Waals surface area (Å²) in [5, 5.41) is 29.0. The van der Waals surface area contributed by atoms with Crippen LogP contribution in [0.5, 0.6) is 0 Å². The number of nitro groups is 2. The molecule has 1 aliphatic rings. The van der Waals surface area contributed by atoms with E-state index in [2.05, 4.69) is 5.32 Å². The number of benzene rings is 1. The second-order valence-corrected chi connectivity index (χ2v) is 7.40. The van der Waals surface area contributed by atoms with Crippen LogP contribution in [-0.4, -0.2) is 34.9 Å². The van der Waals surface area contributed by atoms with Crippen LogP contribution < -0.4 is 10.2 Å². The molecule has 13 heteroatoms. The molecule has 0 saturated carbocycles. The minimum Gasteiger partial charge on any atom is -0.360 e. The highest BCUT2D eigenvalue weighted by Gasteiger charge is 2.40. The number of nitrogens with one attached hydrogen (secondary N) is 1. The molecule has 0 unspecified atom stereocenters. The van der Waals surface area contributed by atoms with E-state index in [1.807, 2.05) is 0 Å².